The molecule has 0 heterocycles. The molecule has 0 fully saturated rings. The summed E-state index contributed by atoms with van der Waals surface area (Å²) >= 11 is 0. The lowest BCUT2D eigenvalue weighted by Crippen LogP contribution is -2.09. The van der Waals surface area contributed by atoms with Crippen LogP contribution in [0.3, 0.4) is 0 Å². The highest BCUT2D eigenvalue weighted by Gasteiger charge is 2.15. The zero-order valence-electron chi connectivity index (χ0n) is 35.5. The van der Waals surface area contributed by atoms with Crippen LogP contribution in [0.4, 0.5) is 34.1 Å². The average Bonchev–Trinajstić information content (AvgIpc) is 3.38. The van der Waals surface area contributed by atoms with E-state index in [4.69, 9.17) is 0 Å². The summed E-state index contributed by atoms with van der Waals surface area (Å²) in [5.74, 6) is 0. The van der Waals surface area contributed by atoms with Gasteiger partial charge in [-0.3, -0.25) is 0 Å². The molecule has 0 aliphatic heterocycles. The van der Waals surface area contributed by atoms with Crippen LogP contribution in [0, 0.1) is 0 Å². The van der Waals surface area contributed by atoms with Gasteiger partial charge >= 0.3 is 0 Å². The van der Waals surface area contributed by atoms with Crippen LogP contribution in [0.25, 0.3) is 56.7 Å². The molecule has 0 saturated heterocycles. The quantitative estimate of drug-likeness (QED) is 0.113. The highest BCUT2D eigenvalue weighted by molar-refractivity contribution is 5.83. The molecule has 64 heavy (non-hydrogen) atoms. The molecule has 2 nitrogen and oxygen atoms in total. The second-order valence-corrected chi connectivity index (χ2v) is 15.8. The lowest BCUT2D eigenvalue weighted by molar-refractivity contribution is 1.28. The predicted octanol–water partition coefficient (Wildman–Crippen LogP) is 17.5. The fraction of sp³-hybridized carbons (Fsp3) is 0. The number of anilines is 6. The zero-order chi connectivity index (χ0) is 42.9. The summed E-state index contributed by atoms with van der Waals surface area (Å²) in [7, 11) is 0. The summed E-state index contributed by atoms with van der Waals surface area (Å²) in [6, 6.07) is 95.2. The molecule has 0 unspecified atom stereocenters. The molecular weight excluding hydrogens is 773 g/mol. The third-order valence-corrected chi connectivity index (χ3v) is 11.7. The molecule has 0 amide bonds. The van der Waals surface area contributed by atoms with Crippen molar-refractivity contribution in [2.24, 2.45) is 0 Å². The minimum atomic E-state index is 1.09. The Morgan fingerprint density at radius 3 is 0.547 bits per heavy atom. The molecule has 0 radical (unpaired) electrons. The number of hydrogen-bond acceptors (Lipinski definition) is 2. The van der Waals surface area contributed by atoms with E-state index in [1.807, 2.05) is 0 Å². The fourth-order valence-corrected chi connectivity index (χ4v) is 8.29. The number of rotatable bonds is 12. The van der Waals surface area contributed by atoms with Crippen molar-refractivity contribution in [2.75, 3.05) is 9.80 Å². The topological polar surface area (TPSA) is 6.48 Å². The maximum absolute atomic E-state index is 2.33. The molecule has 10 aromatic rings. The van der Waals surface area contributed by atoms with Crippen LogP contribution in [-0.2, 0) is 0 Å². The predicted molar refractivity (Wildman–Crippen MR) is 273 cm³/mol. The minimum Gasteiger partial charge on any atom is -0.311 e. The summed E-state index contributed by atoms with van der Waals surface area (Å²) in [5.41, 5.74) is 18.5. The van der Waals surface area contributed by atoms with Gasteiger partial charge in [0.1, 0.15) is 0 Å². The van der Waals surface area contributed by atoms with E-state index in [1.165, 1.54) is 44.5 Å². The first-order chi connectivity index (χ1) is 31.7. The highest BCUT2D eigenvalue weighted by Crippen LogP contribution is 2.39. The van der Waals surface area contributed by atoms with Gasteiger partial charge in [-0.1, -0.05) is 206 Å². The van der Waals surface area contributed by atoms with Gasteiger partial charge in [-0.15, -0.1) is 0 Å². The zero-order valence-corrected chi connectivity index (χ0v) is 35.5. The Morgan fingerprint density at radius 1 is 0.172 bits per heavy atom. The molecule has 0 saturated carbocycles. The molecule has 304 valence electrons. The first kappa shape index (κ1) is 39.7. The van der Waals surface area contributed by atoms with E-state index >= 15 is 0 Å². The van der Waals surface area contributed by atoms with Gasteiger partial charge in [0.05, 0.1) is 0 Å². The first-order valence-corrected chi connectivity index (χ1v) is 21.8. The fourth-order valence-electron chi connectivity index (χ4n) is 8.29. The molecule has 10 aromatic carbocycles. The SMILES string of the molecule is C(=Cc1ccc(N(c2ccc(-c3ccccc3)cc2)c2ccc(-c3ccccc3)cc2)cc1)c1ccc(N(c2ccc(-c3ccccc3)cc2)c2ccc(-c3ccccc3)cc2)cc1. The van der Waals surface area contributed by atoms with Crippen molar-refractivity contribution in [1.82, 2.24) is 0 Å². The minimum absolute atomic E-state index is 1.09. The van der Waals surface area contributed by atoms with Crippen molar-refractivity contribution in [2.45, 2.75) is 0 Å². The van der Waals surface area contributed by atoms with Gasteiger partial charge in [0.2, 0.25) is 0 Å². The summed E-state index contributed by atoms with van der Waals surface area (Å²) in [6.45, 7) is 0. The maximum Gasteiger partial charge on any atom is 0.0462 e. The molecule has 0 N–H and O–H groups in total. The van der Waals surface area contributed by atoms with E-state index in [1.54, 1.807) is 0 Å². The largest absolute Gasteiger partial charge is 0.311 e. The van der Waals surface area contributed by atoms with Gasteiger partial charge < -0.3 is 9.80 Å². The standard InChI is InChI=1S/C62H46N2/c1-5-13-49(14-6-1)53-27-39-59(40-28-53)63(60-41-29-54(30-42-60)50-15-7-2-8-16-50)57-35-23-47(24-36-57)21-22-48-25-37-58(38-26-48)64(61-43-31-55(32-44-61)51-17-9-3-10-18-51)62-45-33-56(34-46-62)52-19-11-4-12-20-52/h1-46H. The monoisotopic (exact) mass is 818 g/mol. The van der Waals surface area contributed by atoms with Crippen molar-refractivity contribution in [3.8, 4) is 44.5 Å². The van der Waals surface area contributed by atoms with Crippen LogP contribution in [0.5, 0.6) is 0 Å². The van der Waals surface area contributed by atoms with Gasteiger partial charge in [-0.2, -0.15) is 0 Å². The lowest BCUT2D eigenvalue weighted by atomic mass is 10.0. The Hall–Kier alpha value is -8.46. The first-order valence-electron chi connectivity index (χ1n) is 21.8. The van der Waals surface area contributed by atoms with Crippen molar-refractivity contribution >= 4 is 46.3 Å². The highest BCUT2D eigenvalue weighted by atomic mass is 15.1. The Bertz CT molecular complexity index is 2670. The third-order valence-electron chi connectivity index (χ3n) is 11.7. The Kier molecular flexibility index (Phi) is 11.6. The van der Waals surface area contributed by atoms with Gasteiger partial charge in [-0.25, -0.2) is 0 Å². The van der Waals surface area contributed by atoms with Crippen molar-refractivity contribution in [3.05, 3.63) is 278 Å². The van der Waals surface area contributed by atoms with E-state index in [2.05, 4.69) is 289 Å². The summed E-state index contributed by atoms with van der Waals surface area (Å²) < 4.78 is 0. The average molecular weight is 819 g/mol. The Morgan fingerprint density at radius 2 is 0.344 bits per heavy atom. The van der Waals surface area contributed by atoms with Crippen LogP contribution in [0.15, 0.2) is 267 Å². The molecule has 0 aliphatic carbocycles. The van der Waals surface area contributed by atoms with E-state index < -0.39 is 0 Å². The van der Waals surface area contributed by atoms with Gasteiger partial charge in [-0.05, 0) is 128 Å². The normalized spacial score (nSPS) is 11.1. The summed E-state index contributed by atoms with van der Waals surface area (Å²) in [6.07, 6.45) is 4.38. The second-order valence-electron chi connectivity index (χ2n) is 15.8. The Labute approximate surface area is 377 Å². The molecule has 0 bridgehead atoms. The number of nitrogens with zero attached hydrogens (tertiary/aromatic N) is 2. The molecule has 0 aliphatic rings. The van der Waals surface area contributed by atoms with Crippen LogP contribution in [0.1, 0.15) is 11.1 Å². The van der Waals surface area contributed by atoms with Gasteiger partial charge in [0, 0.05) is 34.1 Å². The van der Waals surface area contributed by atoms with E-state index in [0.29, 0.717) is 0 Å². The lowest BCUT2D eigenvalue weighted by Gasteiger charge is -2.26. The number of benzene rings is 10. The van der Waals surface area contributed by atoms with E-state index in [9.17, 15) is 0 Å². The molecule has 10 rings (SSSR count). The van der Waals surface area contributed by atoms with Crippen LogP contribution in [0.2, 0.25) is 0 Å². The van der Waals surface area contributed by atoms with Gasteiger partial charge in [0.15, 0.2) is 0 Å². The second kappa shape index (κ2) is 18.7. The number of hydrogen-bond donors (Lipinski definition) is 0. The summed E-state index contributed by atoms with van der Waals surface area (Å²) in [5, 5.41) is 0. The van der Waals surface area contributed by atoms with Crippen LogP contribution >= 0.6 is 0 Å². The molecule has 2 heteroatoms. The molecule has 0 atom stereocenters. The molecule has 0 spiro atoms. The Balaban J connectivity index is 0.910. The molecular formula is C62H46N2. The molecule has 0 aromatic heterocycles. The third kappa shape index (κ3) is 8.95. The summed E-state index contributed by atoms with van der Waals surface area (Å²) in [4.78, 5) is 4.65. The maximum atomic E-state index is 2.33. The van der Waals surface area contributed by atoms with Crippen LogP contribution < -0.4 is 9.80 Å². The van der Waals surface area contributed by atoms with E-state index in [0.717, 1.165) is 45.3 Å². The van der Waals surface area contributed by atoms with Gasteiger partial charge in [0.25, 0.3) is 0 Å². The van der Waals surface area contributed by atoms with Crippen molar-refractivity contribution in [1.29, 1.82) is 0 Å². The van der Waals surface area contributed by atoms with Crippen molar-refractivity contribution < 1.29 is 0 Å². The van der Waals surface area contributed by atoms with Crippen molar-refractivity contribution in [3.63, 3.8) is 0 Å². The van der Waals surface area contributed by atoms with E-state index in [-0.39, 0.29) is 0 Å². The smallest absolute Gasteiger partial charge is 0.0462 e. The van der Waals surface area contributed by atoms with Crippen LogP contribution in [-0.4, -0.2) is 0 Å².